The van der Waals surface area contributed by atoms with Crippen molar-refractivity contribution in [1.82, 2.24) is 19.5 Å². The Morgan fingerprint density at radius 3 is 2.69 bits per heavy atom. The van der Waals surface area contributed by atoms with Gasteiger partial charge in [-0.15, -0.1) is 0 Å². The molecule has 0 saturated carbocycles. The van der Waals surface area contributed by atoms with Gasteiger partial charge in [0.05, 0.1) is 5.69 Å². The topological polar surface area (TPSA) is 114 Å². The summed E-state index contributed by atoms with van der Waals surface area (Å²) in [4.78, 5) is 12.5. The first kappa shape index (κ1) is 17.0. The number of fused-ring (bicyclic) bond motifs is 1. The van der Waals surface area contributed by atoms with E-state index in [0.717, 1.165) is 16.8 Å². The second-order valence-electron chi connectivity index (χ2n) is 6.57. The molecule has 8 heteroatoms. The van der Waals surface area contributed by atoms with Crippen LogP contribution in [-0.2, 0) is 4.74 Å². The number of aromatic nitrogens is 4. The molecule has 1 aliphatic rings. The number of rotatable bonds is 3. The first-order chi connectivity index (χ1) is 12.5. The van der Waals surface area contributed by atoms with E-state index in [2.05, 4.69) is 15.0 Å². The van der Waals surface area contributed by atoms with E-state index < -0.39 is 30.6 Å². The van der Waals surface area contributed by atoms with E-state index in [1.165, 1.54) is 6.33 Å². The Balaban J connectivity index is 1.66. The summed E-state index contributed by atoms with van der Waals surface area (Å²) in [5.41, 5.74) is 2.73. The third kappa shape index (κ3) is 2.67. The van der Waals surface area contributed by atoms with Crippen LogP contribution in [0, 0.1) is 13.8 Å². The Labute approximate surface area is 149 Å². The second-order valence-corrected chi connectivity index (χ2v) is 6.57. The fourth-order valence-electron chi connectivity index (χ4n) is 3.42. The molecule has 1 saturated heterocycles. The smallest absolute Gasteiger partial charge is 0.164 e. The van der Waals surface area contributed by atoms with Crippen LogP contribution in [0.5, 0.6) is 0 Å². The Morgan fingerprint density at radius 2 is 1.92 bits per heavy atom. The molecule has 5 atom stereocenters. The quantitative estimate of drug-likeness (QED) is 0.636. The lowest BCUT2D eigenvalue weighted by Gasteiger charge is -2.21. The first-order valence-electron chi connectivity index (χ1n) is 8.37. The molecule has 1 fully saturated rings. The zero-order chi connectivity index (χ0) is 18.4. The van der Waals surface area contributed by atoms with Gasteiger partial charge in [0.15, 0.2) is 6.23 Å². The zero-order valence-corrected chi connectivity index (χ0v) is 14.4. The van der Waals surface area contributed by atoms with Crippen molar-refractivity contribution >= 4 is 11.0 Å². The second kappa shape index (κ2) is 6.40. The van der Waals surface area contributed by atoms with Gasteiger partial charge in [0.1, 0.15) is 36.4 Å². The summed E-state index contributed by atoms with van der Waals surface area (Å²) in [5, 5.41) is 32.5. The molecule has 4 heterocycles. The summed E-state index contributed by atoms with van der Waals surface area (Å²) in [6.45, 7) is 3.68. The molecule has 0 spiro atoms. The van der Waals surface area contributed by atoms with Gasteiger partial charge in [0, 0.05) is 23.5 Å². The highest BCUT2D eigenvalue weighted by molar-refractivity contribution is 5.78. The van der Waals surface area contributed by atoms with Gasteiger partial charge >= 0.3 is 0 Å². The van der Waals surface area contributed by atoms with Crippen LogP contribution in [0.3, 0.4) is 0 Å². The van der Waals surface area contributed by atoms with Crippen molar-refractivity contribution in [2.75, 3.05) is 0 Å². The van der Waals surface area contributed by atoms with Crippen LogP contribution in [0.1, 0.15) is 29.3 Å². The van der Waals surface area contributed by atoms with Crippen LogP contribution in [0.2, 0.25) is 0 Å². The molecule has 3 N–H and O–H groups in total. The molecule has 8 nitrogen and oxygen atoms in total. The lowest BCUT2D eigenvalue weighted by atomic mass is 9.99. The van der Waals surface area contributed by atoms with Crippen molar-refractivity contribution in [3.05, 3.63) is 53.9 Å². The summed E-state index contributed by atoms with van der Waals surface area (Å²) < 4.78 is 7.52. The molecular weight excluding hydrogens is 336 g/mol. The fourth-order valence-corrected chi connectivity index (χ4v) is 3.42. The maximum atomic E-state index is 10.6. The average molecular weight is 356 g/mol. The molecule has 3 aromatic heterocycles. The maximum absolute atomic E-state index is 10.6. The summed E-state index contributed by atoms with van der Waals surface area (Å²) in [6, 6.07) is 5.22. The highest BCUT2D eigenvalue weighted by atomic mass is 16.6. The summed E-state index contributed by atoms with van der Waals surface area (Å²) in [7, 11) is 0. The molecule has 0 bridgehead atoms. The normalized spacial score (nSPS) is 27.1. The van der Waals surface area contributed by atoms with Crippen molar-refractivity contribution in [2.24, 2.45) is 0 Å². The van der Waals surface area contributed by atoms with Gasteiger partial charge < -0.3 is 24.6 Å². The Bertz CT molecular complexity index is 944. The van der Waals surface area contributed by atoms with Crippen LogP contribution in [-0.4, -0.2) is 53.2 Å². The zero-order valence-electron chi connectivity index (χ0n) is 14.4. The molecule has 1 unspecified atom stereocenters. The summed E-state index contributed by atoms with van der Waals surface area (Å²) >= 11 is 0. The van der Waals surface area contributed by atoms with Crippen LogP contribution in [0.15, 0.2) is 36.9 Å². The first-order valence-corrected chi connectivity index (χ1v) is 8.37. The van der Waals surface area contributed by atoms with E-state index in [1.807, 2.05) is 19.9 Å². The highest BCUT2D eigenvalue weighted by Gasteiger charge is 2.47. The minimum atomic E-state index is -1.25. The van der Waals surface area contributed by atoms with Gasteiger partial charge in [0.25, 0.3) is 0 Å². The molecule has 0 aromatic carbocycles. The molecule has 136 valence electrons. The Hall–Kier alpha value is -2.39. The van der Waals surface area contributed by atoms with Crippen molar-refractivity contribution in [3.8, 4) is 0 Å². The lowest BCUT2D eigenvalue weighted by molar-refractivity contribution is -0.0848. The number of hydrogen-bond acceptors (Lipinski definition) is 7. The Morgan fingerprint density at radius 1 is 1.12 bits per heavy atom. The number of aryl methyl sites for hydroxylation is 2. The average Bonchev–Trinajstić information content (AvgIpc) is 3.18. The Kier molecular flexibility index (Phi) is 4.20. The van der Waals surface area contributed by atoms with E-state index in [-0.39, 0.29) is 0 Å². The molecule has 4 rings (SSSR count). The predicted octanol–water partition coefficient (Wildman–Crippen LogP) is 0.796. The van der Waals surface area contributed by atoms with Crippen molar-refractivity contribution in [1.29, 1.82) is 0 Å². The van der Waals surface area contributed by atoms with Crippen LogP contribution < -0.4 is 0 Å². The molecule has 0 amide bonds. The van der Waals surface area contributed by atoms with Crippen LogP contribution in [0.25, 0.3) is 11.0 Å². The van der Waals surface area contributed by atoms with Gasteiger partial charge in [-0.1, -0.05) is 0 Å². The third-order valence-corrected chi connectivity index (χ3v) is 4.83. The number of aliphatic hydroxyl groups is 3. The minimum absolute atomic E-state index is 0.574. The molecule has 0 radical (unpaired) electrons. The monoisotopic (exact) mass is 356 g/mol. The van der Waals surface area contributed by atoms with Gasteiger partial charge in [-0.3, -0.25) is 4.98 Å². The fraction of sp³-hybridized carbons (Fsp3) is 0.389. The molecular formula is C18H20N4O4. The van der Waals surface area contributed by atoms with Gasteiger partial charge in [0.2, 0.25) is 0 Å². The molecule has 3 aromatic rings. The maximum Gasteiger partial charge on any atom is 0.164 e. The summed E-state index contributed by atoms with van der Waals surface area (Å²) in [5.74, 6) is 0. The molecule has 26 heavy (non-hydrogen) atoms. The van der Waals surface area contributed by atoms with E-state index in [1.54, 1.807) is 29.1 Å². The molecule has 1 aliphatic heterocycles. The van der Waals surface area contributed by atoms with E-state index in [0.29, 0.717) is 11.2 Å². The SMILES string of the molecule is Cc1cc(C(O)[C@H]2O[C@@H](n3ccc4c(C)ncnc43)[C@H](O)[C@@H]2O)ccn1. The van der Waals surface area contributed by atoms with E-state index >= 15 is 0 Å². The van der Waals surface area contributed by atoms with Crippen LogP contribution in [0.4, 0.5) is 0 Å². The van der Waals surface area contributed by atoms with Crippen molar-refractivity contribution in [3.63, 3.8) is 0 Å². The largest absolute Gasteiger partial charge is 0.387 e. The van der Waals surface area contributed by atoms with Gasteiger partial charge in [-0.2, -0.15) is 0 Å². The van der Waals surface area contributed by atoms with Crippen molar-refractivity contribution < 1.29 is 20.1 Å². The van der Waals surface area contributed by atoms with E-state index in [9.17, 15) is 15.3 Å². The number of aliphatic hydroxyl groups excluding tert-OH is 3. The number of pyridine rings is 1. The van der Waals surface area contributed by atoms with Gasteiger partial charge in [-0.05, 0) is 37.6 Å². The van der Waals surface area contributed by atoms with Crippen LogP contribution >= 0.6 is 0 Å². The third-order valence-electron chi connectivity index (χ3n) is 4.83. The van der Waals surface area contributed by atoms with E-state index in [4.69, 9.17) is 4.74 Å². The number of hydrogen-bond donors (Lipinski definition) is 3. The molecule has 0 aliphatic carbocycles. The van der Waals surface area contributed by atoms with Crippen molar-refractivity contribution in [2.45, 2.75) is 44.5 Å². The summed E-state index contributed by atoms with van der Waals surface area (Å²) in [6.07, 6.45) is -0.619. The number of ether oxygens (including phenoxy) is 1. The number of nitrogens with zero attached hydrogens (tertiary/aromatic N) is 4. The van der Waals surface area contributed by atoms with Gasteiger partial charge in [-0.25, -0.2) is 9.97 Å². The standard InChI is InChI=1S/C18H20N4O4/c1-9-7-11(3-5-19-9)13(23)16-14(24)15(25)18(26-16)22-6-4-12-10(2)20-8-21-17(12)22/h3-8,13-16,18,23-25H,1-2H3/t13?,14-,15+,16+,18+/m0/s1. The predicted molar refractivity (Wildman–Crippen MR) is 92.1 cm³/mol. The highest BCUT2D eigenvalue weighted by Crippen LogP contribution is 2.37. The lowest BCUT2D eigenvalue weighted by Crippen LogP contribution is -2.34. The minimum Gasteiger partial charge on any atom is -0.387 e.